The van der Waals surface area contributed by atoms with Crippen LogP contribution >= 0.6 is 0 Å². The van der Waals surface area contributed by atoms with Crippen molar-refractivity contribution in [1.29, 1.82) is 0 Å². The summed E-state index contributed by atoms with van der Waals surface area (Å²) < 4.78 is 11.4. The highest BCUT2D eigenvalue weighted by atomic mass is 16.5. The molecule has 1 saturated heterocycles. The largest absolute Gasteiger partial charge is 0.493 e. The van der Waals surface area contributed by atoms with Gasteiger partial charge in [0.05, 0.1) is 13.2 Å². The van der Waals surface area contributed by atoms with Gasteiger partial charge in [0, 0.05) is 11.9 Å². The van der Waals surface area contributed by atoms with E-state index in [2.05, 4.69) is 29.4 Å². The van der Waals surface area contributed by atoms with E-state index >= 15 is 0 Å². The number of rotatable bonds is 2. The molecule has 2 aromatic rings. The van der Waals surface area contributed by atoms with E-state index < -0.39 is 0 Å². The summed E-state index contributed by atoms with van der Waals surface area (Å²) in [6, 6.07) is 8.36. The van der Waals surface area contributed by atoms with Gasteiger partial charge in [0.2, 0.25) is 0 Å². The van der Waals surface area contributed by atoms with E-state index in [0.717, 1.165) is 42.1 Å². The van der Waals surface area contributed by atoms with E-state index in [4.69, 9.17) is 9.15 Å². The second-order valence-electron chi connectivity index (χ2n) is 5.15. The zero-order valence-corrected chi connectivity index (χ0v) is 11.5. The van der Waals surface area contributed by atoms with Gasteiger partial charge in [-0.05, 0) is 38.7 Å². The SMILES string of the molecule is COc1cccc2cc(C3CN(C)CCCN3)oc12. The Hall–Kier alpha value is -1.52. The summed E-state index contributed by atoms with van der Waals surface area (Å²) in [5.74, 6) is 1.79. The van der Waals surface area contributed by atoms with Gasteiger partial charge in [0.25, 0.3) is 0 Å². The lowest BCUT2D eigenvalue weighted by molar-refractivity contribution is 0.307. The van der Waals surface area contributed by atoms with Crippen LogP contribution in [0.4, 0.5) is 0 Å². The zero-order valence-electron chi connectivity index (χ0n) is 11.5. The fourth-order valence-electron chi connectivity index (χ4n) is 2.67. The molecule has 1 N–H and O–H groups in total. The second-order valence-corrected chi connectivity index (χ2v) is 5.15. The molecule has 1 aromatic carbocycles. The lowest BCUT2D eigenvalue weighted by atomic mass is 10.2. The van der Waals surface area contributed by atoms with Crippen molar-refractivity contribution >= 4 is 11.0 Å². The predicted molar refractivity (Wildman–Crippen MR) is 75.6 cm³/mol. The lowest BCUT2D eigenvalue weighted by Crippen LogP contribution is -2.28. The number of hydrogen-bond donors (Lipinski definition) is 1. The first-order valence-corrected chi connectivity index (χ1v) is 6.76. The fourth-order valence-corrected chi connectivity index (χ4v) is 2.67. The maximum Gasteiger partial charge on any atom is 0.176 e. The molecule has 1 atom stereocenters. The van der Waals surface area contributed by atoms with E-state index in [1.807, 2.05) is 12.1 Å². The minimum Gasteiger partial charge on any atom is -0.493 e. The van der Waals surface area contributed by atoms with Gasteiger partial charge in [-0.25, -0.2) is 0 Å². The van der Waals surface area contributed by atoms with Gasteiger partial charge in [0.15, 0.2) is 11.3 Å². The van der Waals surface area contributed by atoms with Crippen LogP contribution in [-0.4, -0.2) is 38.7 Å². The normalized spacial score (nSPS) is 21.5. The second kappa shape index (κ2) is 5.23. The third kappa shape index (κ3) is 2.46. The maximum atomic E-state index is 6.02. The van der Waals surface area contributed by atoms with E-state index in [1.54, 1.807) is 7.11 Å². The van der Waals surface area contributed by atoms with Gasteiger partial charge in [-0.2, -0.15) is 0 Å². The minimum absolute atomic E-state index is 0.254. The molecule has 4 heteroatoms. The lowest BCUT2D eigenvalue weighted by Gasteiger charge is -2.18. The Morgan fingerprint density at radius 1 is 1.42 bits per heavy atom. The van der Waals surface area contributed by atoms with Crippen LogP contribution in [0.1, 0.15) is 18.2 Å². The number of furan rings is 1. The molecule has 0 aliphatic carbocycles. The number of ether oxygens (including phenoxy) is 1. The van der Waals surface area contributed by atoms with Crippen molar-refractivity contribution in [2.75, 3.05) is 33.8 Å². The Morgan fingerprint density at radius 3 is 3.16 bits per heavy atom. The topological polar surface area (TPSA) is 37.6 Å². The molecular formula is C15H20N2O2. The first kappa shape index (κ1) is 12.5. The molecule has 0 radical (unpaired) electrons. The average Bonchev–Trinajstić information content (AvgIpc) is 2.74. The Balaban J connectivity index is 1.96. The average molecular weight is 260 g/mol. The van der Waals surface area contributed by atoms with Crippen LogP contribution in [0, 0.1) is 0 Å². The molecule has 1 aliphatic heterocycles. The zero-order chi connectivity index (χ0) is 13.2. The third-order valence-electron chi connectivity index (χ3n) is 3.69. The number of likely N-dealkylation sites (N-methyl/N-ethyl adjacent to an activating group) is 1. The van der Waals surface area contributed by atoms with Gasteiger partial charge in [0.1, 0.15) is 5.76 Å². The molecule has 0 saturated carbocycles. The number of nitrogens with one attached hydrogen (secondary N) is 1. The maximum absolute atomic E-state index is 6.02. The molecule has 0 spiro atoms. The van der Waals surface area contributed by atoms with Crippen LogP contribution in [0.25, 0.3) is 11.0 Å². The monoisotopic (exact) mass is 260 g/mol. The summed E-state index contributed by atoms with van der Waals surface area (Å²) in [6.45, 7) is 3.14. The quantitative estimate of drug-likeness (QED) is 0.900. The van der Waals surface area contributed by atoms with Crippen molar-refractivity contribution in [3.05, 3.63) is 30.0 Å². The van der Waals surface area contributed by atoms with Gasteiger partial charge < -0.3 is 19.4 Å². The first-order valence-electron chi connectivity index (χ1n) is 6.76. The first-order chi connectivity index (χ1) is 9.28. The molecule has 3 rings (SSSR count). The van der Waals surface area contributed by atoms with Gasteiger partial charge in [-0.15, -0.1) is 0 Å². The summed E-state index contributed by atoms with van der Waals surface area (Å²) >= 11 is 0. The Bertz CT molecular complexity index is 564. The van der Waals surface area contributed by atoms with E-state index in [-0.39, 0.29) is 6.04 Å². The van der Waals surface area contributed by atoms with Crippen LogP contribution in [0.3, 0.4) is 0 Å². The number of benzene rings is 1. The van der Waals surface area contributed by atoms with Crippen molar-refractivity contribution in [3.63, 3.8) is 0 Å². The summed E-state index contributed by atoms with van der Waals surface area (Å²) in [7, 11) is 3.83. The summed E-state index contributed by atoms with van der Waals surface area (Å²) in [5, 5.41) is 4.65. The molecule has 19 heavy (non-hydrogen) atoms. The van der Waals surface area contributed by atoms with Crippen LogP contribution in [0.5, 0.6) is 5.75 Å². The fraction of sp³-hybridized carbons (Fsp3) is 0.467. The van der Waals surface area contributed by atoms with Crippen molar-refractivity contribution in [2.24, 2.45) is 0 Å². The van der Waals surface area contributed by atoms with E-state index in [9.17, 15) is 0 Å². The molecular weight excluding hydrogens is 240 g/mol. The number of fused-ring (bicyclic) bond motifs is 1. The predicted octanol–water partition coefficient (Wildman–Crippen LogP) is 2.41. The molecule has 1 fully saturated rings. The molecule has 0 amide bonds. The highest BCUT2D eigenvalue weighted by Crippen LogP contribution is 2.31. The van der Waals surface area contributed by atoms with Crippen molar-refractivity contribution in [3.8, 4) is 5.75 Å². The molecule has 2 heterocycles. The third-order valence-corrected chi connectivity index (χ3v) is 3.69. The van der Waals surface area contributed by atoms with Gasteiger partial charge >= 0.3 is 0 Å². The smallest absolute Gasteiger partial charge is 0.176 e. The number of methoxy groups -OCH3 is 1. The Labute approximate surface area is 113 Å². The number of hydrogen-bond acceptors (Lipinski definition) is 4. The summed E-state index contributed by atoms with van der Waals surface area (Å²) in [4.78, 5) is 2.34. The van der Waals surface area contributed by atoms with Crippen molar-refractivity contribution in [2.45, 2.75) is 12.5 Å². The van der Waals surface area contributed by atoms with Crippen LogP contribution < -0.4 is 10.1 Å². The van der Waals surface area contributed by atoms with Crippen molar-refractivity contribution in [1.82, 2.24) is 10.2 Å². The van der Waals surface area contributed by atoms with Crippen LogP contribution in [0.2, 0.25) is 0 Å². The van der Waals surface area contributed by atoms with Crippen molar-refractivity contribution < 1.29 is 9.15 Å². The summed E-state index contributed by atoms with van der Waals surface area (Å²) in [6.07, 6.45) is 1.18. The Morgan fingerprint density at radius 2 is 2.32 bits per heavy atom. The molecule has 1 aromatic heterocycles. The minimum atomic E-state index is 0.254. The highest BCUT2D eigenvalue weighted by Gasteiger charge is 2.21. The molecule has 0 bridgehead atoms. The van der Waals surface area contributed by atoms with Crippen LogP contribution in [0.15, 0.2) is 28.7 Å². The number of para-hydroxylation sites is 1. The Kier molecular flexibility index (Phi) is 3.44. The molecule has 1 aliphatic rings. The summed E-state index contributed by atoms with van der Waals surface area (Å²) in [5.41, 5.74) is 0.841. The molecule has 1 unspecified atom stereocenters. The van der Waals surface area contributed by atoms with E-state index in [1.165, 1.54) is 6.42 Å². The standard InChI is InChI=1S/C15H20N2O2/c1-17-8-4-7-16-12(10-17)14-9-11-5-3-6-13(18-2)15(11)19-14/h3,5-6,9,12,16H,4,7-8,10H2,1-2H3. The van der Waals surface area contributed by atoms with E-state index in [0.29, 0.717) is 0 Å². The number of nitrogens with zero attached hydrogens (tertiary/aromatic N) is 1. The van der Waals surface area contributed by atoms with Gasteiger partial charge in [-0.3, -0.25) is 0 Å². The van der Waals surface area contributed by atoms with Gasteiger partial charge in [-0.1, -0.05) is 12.1 Å². The highest BCUT2D eigenvalue weighted by molar-refractivity contribution is 5.83. The van der Waals surface area contributed by atoms with Crippen LogP contribution in [-0.2, 0) is 0 Å². The molecule has 102 valence electrons. The molecule has 4 nitrogen and oxygen atoms in total.